The number of hydrogen-bond acceptors (Lipinski definition) is 4. The van der Waals surface area contributed by atoms with Crippen molar-refractivity contribution in [1.29, 1.82) is 0 Å². The van der Waals surface area contributed by atoms with Crippen molar-refractivity contribution in [2.75, 3.05) is 0 Å². The molecule has 1 aliphatic heterocycles. The van der Waals surface area contributed by atoms with Crippen LogP contribution < -0.4 is 0 Å². The molecular weight excluding hydrogens is 361 g/mol. The molecule has 2 aromatic carbocycles. The molecule has 1 aliphatic rings. The van der Waals surface area contributed by atoms with E-state index >= 15 is 0 Å². The Morgan fingerprint density at radius 1 is 1.00 bits per heavy atom. The Labute approximate surface area is 161 Å². The number of esters is 2. The van der Waals surface area contributed by atoms with Crippen LogP contribution in [0.2, 0.25) is 0 Å². The van der Waals surface area contributed by atoms with E-state index in [1.54, 1.807) is 12.1 Å². The van der Waals surface area contributed by atoms with Crippen LogP contribution in [0.15, 0.2) is 60.3 Å². The quantitative estimate of drug-likeness (QED) is 0.391. The maximum absolute atomic E-state index is 13.1. The Hall–Kier alpha value is -3.41. The van der Waals surface area contributed by atoms with E-state index < -0.39 is 17.7 Å². The molecule has 142 valence electrons. The van der Waals surface area contributed by atoms with Crippen LogP contribution in [0.25, 0.3) is 17.0 Å². The third-order valence-electron chi connectivity index (χ3n) is 4.49. The maximum atomic E-state index is 13.1. The van der Waals surface area contributed by atoms with Gasteiger partial charge in [0.2, 0.25) is 0 Å². The molecule has 1 saturated heterocycles. The fourth-order valence-electron chi connectivity index (χ4n) is 3.18. The molecule has 0 saturated carbocycles. The highest BCUT2D eigenvalue weighted by molar-refractivity contribution is 6.19. The predicted molar refractivity (Wildman–Crippen MR) is 102 cm³/mol. The zero-order valence-corrected chi connectivity index (χ0v) is 15.4. The summed E-state index contributed by atoms with van der Waals surface area (Å²) in [7, 11) is 0. The molecule has 4 rings (SSSR count). The lowest BCUT2D eigenvalue weighted by molar-refractivity contribution is -0.222. The van der Waals surface area contributed by atoms with E-state index in [2.05, 4.69) is 0 Å². The third-order valence-corrected chi connectivity index (χ3v) is 4.49. The molecule has 0 bridgehead atoms. The first kappa shape index (κ1) is 18.0. The highest BCUT2D eigenvalue weighted by Crippen LogP contribution is 2.26. The van der Waals surface area contributed by atoms with E-state index in [0.717, 1.165) is 16.5 Å². The van der Waals surface area contributed by atoms with Gasteiger partial charge >= 0.3 is 11.9 Å². The van der Waals surface area contributed by atoms with Crippen molar-refractivity contribution in [3.05, 3.63) is 77.2 Å². The summed E-state index contributed by atoms with van der Waals surface area (Å²) in [5.74, 6) is -2.92. The van der Waals surface area contributed by atoms with Gasteiger partial charge in [0, 0.05) is 37.5 Å². The van der Waals surface area contributed by atoms with Gasteiger partial charge < -0.3 is 14.0 Å². The van der Waals surface area contributed by atoms with Gasteiger partial charge in [0.1, 0.15) is 11.4 Å². The molecule has 0 atom stereocenters. The van der Waals surface area contributed by atoms with Gasteiger partial charge in [-0.15, -0.1) is 0 Å². The predicted octanol–water partition coefficient (Wildman–Crippen LogP) is 4.05. The summed E-state index contributed by atoms with van der Waals surface area (Å²) in [4.78, 5) is 24.2. The second-order valence-corrected chi connectivity index (χ2v) is 7.13. The van der Waals surface area contributed by atoms with Crippen molar-refractivity contribution in [2.45, 2.75) is 26.2 Å². The van der Waals surface area contributed by atoms with Gasteiger partial charge in [0.15, 0.2) is 0 Å². The van der Waals surface area contributed by atoms with Gasteiger partial charge in [0.25, 0.3) is 5.79 Å². The monoisotopic (exact) mass is 379 g/mol. The lowest BCUT2D eigenvalue weighted by atomic mass is 10.1. The minimum Gasteiger partial charge on any atom is -0.419 e. The highest BCUT2D eigenvalue weighted by Gasteiger charge is 2.38. The largest absolute Gasteiger partial charge is 0.419 e. The van der Waals surface area contributed by atoms with Crippen molar-refractivity contribution in [3.8, 4) is 0 Å². The Morgan fingerprint density at radius 2 is 1.68 bits per heavy atom. The first-order valence-electron chi connectivity index (χ1n) is 8.82. The van der Waals surface area contributed by atoms with Crippen molar-refractivity contribution < 1.29 is 23.5 Å². The number of carbonyl (C=O) groups is 2. The van der Waals surface area contributed by atoms with Crippen molar-refractivity contribution in [3.63, 3.8) is 0 Å². The molecule has 0 unspecified atom stereocenters. The summed E-state index contributed by atoms with van der Waals surface area (Å²) in [6.07, 6.45) is 3.41. The molecule has 0 amide bonds. The van der Waals surface area contributed by atoms with Crippen LogP contribution in [0.1, 0.15) is 25.0 Å². The average molecular weight is 379 g/mol. The van der Waals surface area contributed by atoms with Gasteiger partial charge in [-0.3, -0.25) is 0 Å². The molecule has 1 fully saturated rings. The number of hydrogen-bond donors (Lipinski definition) is 0. The van der Waals surface area contributed by atoms with Crippen LogP contribution in [0.3, 0.4) is 0 Å². The van der Waals surface area contributed by atoms with Crippen LogP contribution in [0, 0.1) is 5.82 Å². The Bertz CT molecular complexity index is 1090. The van der Waals surface area contributed by atoms with Crippen molar-refractivity contribution in [1.82, 2.24) is 4.57 Å². The number of halogens is 1. The Kier molecular flexibility index (Phi) is 4.26. The van der Waals surface area contributed by atoms with Gasteiger partial charge in [-0.2, -0.15) is 0 Å². The summed E-state index contributed by atoms with van der Waals surface area (Å²) in [5, 5.41) is 0.953. The first-order valence-corrected chi connectivity index (χ1v) is 8.82. The van der Waals surface area contributed by atoms with Gasteiger partial charge in [-0.1, -0.05) is 18.2 Å². The topological polar surface area (TPSA) is 57.5 Å². The first-order chi connectivity index (χ1) is 13.3. The number of benzene rings is 2. The third kappa shape index (κ3) is 3.53. The van der Waals surface area contributed by atoms with Crippen molar-refractivity contribution >= 4 is 28.9 Å². The summed E-state index contributed by atoms with van der Waals surface area (Å²) in [5.41, 5.74) is 2.53. The van der Waals surface area contributed by atoms with Crippen LogP contribution in [-0.4, -0.2) is 22.3 Å². The van der Waals surface area contributed by atoms with Gasteiger partial charge in [-0.25, -0.2) is 14.0 Å². The lowest BCUT2D eigenvalue weighted by Crippen LogP contribution is -2.41. The summed E-state index contributed by atoms with van der Waals surface area (Å²) >= 11 is 0. The van der Waals surface area contributed by atoms with E-state index in [0.29, 0.717) is 12.1 Å². The van der Waals surface area contributed by atoms with Gasteiger partial charge in [-0.05, 0) is 47.5 Å². The van der Waals surface area contributed by atoms with Crippen LogP contribution in [0.5, 0.6) is 0 Å². The fraction of sp³-hybridized carbons (Fsp3) is 0.182. The molecule has 0 radical (unpaired) electrons. The molecule has 5 nitrogen and oxygen atoms in total. The molecule has 3 aromatic rings. The van der Waals surface area contributed by atoms with Gasteiger partial charge in [0.05, 0.1) is 0 Å². The minimum atomic E-state index is -1.26. The average Bonchev–Trinajstić information content (AvgIpc) is 3.01. The molecule has 0 spiro atoms. The number of cyclic esters (lactones) is 2. The molecular formula is C22H18FNO4. The number of fused-ring (bicyclic) bond motifs is 1. The van der Waals surface area contributed by atoms with E-state index in [1.165, 1.54) is 32.1 Å². The second-order valence-electron chi connectivity index (χ2n) is 7.13. The fourth-order valence-corrected chi connectivity index (χ4v) is 3.18. The smallest absolute Gasteiger partial charge is 0.348 e. The molecule has 0 aliphatic carbocycles. The normalized spacial score (nSPS) is 16.0. The summed E-state index contributed by atoms with van der Waals surface area (Å²) < 4.78 is 25.4. The SMILES string of the molecule is CC1(C)OC(=O)C(=Cc2ccc3c(ccn3Cc3ccc(F)cc3)c2)C(=O)O1. The van der Waals surface area contributed by atoms with Crippen LogP contribution in [-0.2, 0) is 25.6 Å². The number of aromatic nitrogens is 1. The van der Waals surface area contributed by atoms with E-state index in [-0.39, 0.29) is 11.4 Å². The maximum Gasteiger partial charge on any atom is 0.348 e. The van der Waals surface area contributed by atoms with E-state index in [4.69, 9.17) is 9.47 Å². The number of nitrogens with zero attached hydrogens (tertiary/aromatic N) is 1. The minimum absolute atomic E-state index is 0.135. The van der Waals surface area contributed by atoms with E-state index in [1.807, 2.05) is 35.0 Å². The molecule has 28 heavy (non-hydrogen) atoms. The standard InChI is InChI=1S/C22H18FNO4/c1-22(2)27-20(25)18(21(26)28-22)12-15-5-8-19-16(11-15)9-10-24(19)13-14-3-6-17(23)7-4-14/h3-12H,13H2,1-2H3. The molecule has 2 heterocycles. The molecule has 0 N–H and O–H groups in total. The number of rotatable bonds is 3. The zero-order valence-electron chi connectivity index (χ0n) is 15.4. The highest BCUT2D eigenvalue weighted by atomic mass is 19.1. The summed E-state index contributed by atoms with van der Waals surface area (Å²) in [6, 6.07) is 13.9. The molecule has 1 aromatic heterocycles. The number of carbonyl (C=O) groups excluding carboxylic acids is 2. The van der Waals surface area contributed by atoms with Crippen LogP contribution in [0.4, 0.5) is 4.39 Å². The van der Waals surface area contributed by atoms with Crippen molar-refractivity contribution in [2.24, 2.45) is 0 Å². The Balaban J connectivity index is 1.62. The lowest BCUT2D eigenvalue weighted by Gasteiger charge is -2.29. The zero-order chi connectivity index (χ0) is 19.9. The summed E-state index contributed by atoms with van der Waals surface area (Å²) in [6.45, 7) is 3.63. The molecule has 6 heteroatoms. The van der Waals surface area contributed by atoms with Crippen LogP contribution >= 0.6 is 0 Å². The van der Waals surface area contributed by atoms with E-state index in [9.17, 15) is 14.0 Å². The second kappa shape index (κ2) is 6.64. The number of ether oxygens (including phenoxy) is 2. The Morgan fingerprint density at radius 3 is 2.36 bits per heavy atom.